The Kier molecular flexibility index (Phi) is 3.76. The van der Waals surface area contributed by atoms with Crippen molar-refractivity contribution >= 4 is 12.9 Å². The standard InChI is InChI=1S/2C5H5.2CH2O2.Ti/c2*1-2-4-5-3-1;2*2-1-3;/h2*1-3H,4H2;2*1H,(H,2,3);/q;;;;+2/p-2. The Morgan fingerprint density at radius 3 is 1.71 bits per heavy atom. The van der Waals surface area contributed by atoms with E-state index in [4.69, 9.17) is 6.64 Å². The van der Waals surface area contributed by atoms with Crippen LogP contribution in [0, 0.1) is 0 Å². The van der Waals surface area contributed by atoms with Gasteiger partial charge in [-0.1, -0.05) is 0 Å². The first kappa shape index (κ1) is 12.1. The van der Waals surface area contributed by atoms with Gasteiger partial charge in [0.1, 0.15) is 0 Å². The van der Waals surface area contributed by atoms with Crippen LogP contribution in [-0.2, 0) is 33.6 Å². The van der Waals surface area contributed by atoms with Gasteiger partial charge in [-0.2, -0.15) is 0 Å². The molecule has 0 spiro atoms. The van der Waals surface area contributed by atoms with Crippen molar-refractivity contribution in [3.8, 4) is 0 Å². The predicted octanol–water partition coefficient (Wildman–Crippen LogP) is 2.00. The maximum absolute atomic E-state index is 10.7. The molecule has 0 unspecified atom stereocenters. The molecular weight excluding hydrogens is 256 g/mol. The first-order chi connectivity index (χ1) is 8.33. The summed E-state index contributed by atoms with van der Waals surface area (Å²) in [5.74, 6) is 0. The monoisotopic (exact) mass is 268 g/mol. The Bertz CT molecular complexity index is 403. The summed E-state index contributed by atoms with van der Waals surface area (Å²) >= 11 is -3.66. The van der Waals surface area contributed by atoms with Crippen LogP contribution >= 0.6 is 0 Å². The van der Waals surface area contributed by atoms with Crippen molar-refractivity contribution in [3.05, 3.63) is 44.2 Å². The molecule has 4 nitrogen and oxygen atoms in total. The third-order valence-electron chi connectivity index (χ3n) is 2.82. The van der Waals surface area contributed by atoms with Gasteiger partial charge in [0.2, 0.25) is 0 Å². The predicted molar refractivity (Wildman–Crippen MR) is 58.0 cm³/mol. The molecule has 0 aliphatic heterocycles. The van der Waals surface area contributed by atoms with Crippen LogP contribution in [0.1, 0.15) is 12.8 Å². The molecule has 0 radical (unpaired) electrons. The Morgan fingerprint density at radius 2 is 1.41 bits per heavy atom. The van der Waals surface area contributed by atoms with Crippen LogP contribution < -0.4 is 0 Å². The number of hydrogen-bond acceptors (Lipinski definition) is 4. The molecule has 0 saturated carbocycles. The fourth-order valence-electron chi connectivity index (χ4n) is 2.05. The van der Waals surface area contributed by atoms with E-state index in [0.29, 0.717) is 25.8 Å². The van der Waals surface area contributed by atoms with E-state index in [2.05, 4.69) is 0 Å². The summed E-state index contributed by atoms with van der Waals surface area (Å²) < 4.78 is 12.4. The van der Waals surface area contributed by atoms with Crippen LogP contribution in [0.3, 0.4) is 0 Å². The summed E-state index contributed by atoms with van der Waals surface area (Å²) in [5.41, 5.74) is 0. The Balaban J connectivity index is 2.37. The van der Waals surface area contributed by atoms with Gasteiger partial charge >= 0.3 is 104 Å². The van der Waals surface area contributed by atoms with Gasteiger partial charge in [-0.15, -0.1) is 0 Å². The summed E-state index contributed by atoms with van der Waals surface area (Å²) in [6.45, 7) is 0.781. The van der Waals surface area contributed by atoms with Crippen LogP contribution in [0.4, 0.5) is 0 Å². The Hall–Kier alpha value is -1.39. The zero-order valence-electron chi connectivity index (χ0n) is 9.17. The molecule has 0 atom stereocenters. The molecule has 0 aromatic rings. The molecule has 2 rings (SSSR count). The summed E-state index contributed by atoms with van der Waals surface area (Å²) in [7, 11) is 0. The topological polar surface area (TPSA) is 52.6 Å². The van der Waals surface area contributed by atoms with E-state index in [1.54, 1.807) is 0 Å². The third-order valence-corrected chi connectivity index (χ3v) is 7.95. The molecule has 5 heteroatoms. The number of rotatable bonds is 6. The van der Waals surface area contributed by atoms with Gasteiger partial charge in [-0.3, -0.25) is 0 Å². The fraction of sp³-hybridized carbons (Fsp3) is 0.167. The third kappa shape index (κ3) is 2.19. The average molecular weight is 268 g/mol. The minimum absolute atomic E-state index is 0.391. The van der Waals surface area contributed by atoms with Gasteiger partial charge in [0.05, 0.1) is 0 Å². The first-order valence-electron chi connectivity index (χ1n) is 5.29. The van der Waals surface area contributed by atoms with E-state index in [0.717, 1.165) is 7.76 Å². The van der Waals surface area contributed by atoms with Crippen LogP contribution in [-0.4, -0.2) is 12.9 Å². The van der Waals surface area contributed by atoms with Crippen molar-refractivity contribution in [1.29, 1.82) is 0 Å². The molecular formula is C12H12O4Ti. The van der Waals surface area contributed by atoms with Gasteiger partial charge < -0.3 is 0 Å². The van der Waals surface area contributed by atoms with E-state index >= 15 is 0 Å². The van der Waals surface area contributed by atoms with Gasteiger partial charge in [-0.25, -0.2) is 0 Å². The fourth-order valence-corrected chi connectivity index (χ4v) is 6.35. The van der Waals surface area contributed by atoms with Crippen molar-refractivity contribution in [2.75, 3.05) is 0 Å². The molecule has 17 heavy (non-hydrogen) atoms. The molecule has 2 aliphatic rings. The van der Waals surface area contributed by atoms with Gasteiger partial charge in [-0.05, 0) is 0 Å². The van der Waals surface area contributed by atoms with E-state index in [-0.39, 0.29) is 0 Å². The second-order valence-corrected chi connectivity index (χ2v) is 8.36. The van der Waals surface area contributed by atoms with Crippen LogP contribution in [0.5, 0.6) is 0 Å². The number of hydrogen-bond donors (Lipinski definition) is 0. The summed E-state index contributed by atoms with van der Waals surface area (Å²) in [6, 6.07) is 0. The molecule has 0 N–H and O–H groups in total. The quantitative estimate of drug-likeness (QED) is 0.546. The van der Waals surface area contributed by atoms with Crippen LogP contribution in [0.2, 0.25) is 0 Å². The summed E-state index contributed by atoms with van der Waals surface area (Å²) in [5, 5.41) is 0. The number of carbonyl (C=O) groups excluding carboxylic acids is 2. The molecule has 88 valence electrons. The number of allylic oxidation sites excluding steroid dienone is 8. The zero-order valence-corrected chi connectivity index (χ0v) is 10.7. The molecule has 0 aromatic heterocycles. The molecule has 0 fully saturated rings. The second-order valence-electron chi connectivity index (χ2n) is 3.69. The Labute approximate surface area is 104 Å². The molecule has 0 bridgehead atoms. The average Bonchev–Trinajstić information content (AvgIpc) is 3.02. The zero-order chi connectivity index (χ0) is 12.1. The summed E-state index contributed by atoms with van der Waals surface area (Å²) in [4.78, 5) is 21.5. The minimum atomic E-state index is -3.66. The molecule has 0 amide bonds. The SMILES string of the molecule is O=C[O][Ti]([O]C=O)([C]1=CC=CC1)[C]1=CC=CC1. The van der Waals surface area contributed by atoms with Crippen molar-refractivity contribution < 1.29 is 33.6 Å². The van der Waals surface area contributed by atoms with Crippen molar-refractivity contribution in [2.24, 2.45) is 0 Å². The van der Waals surface area contributed by atoms with Crippen LogP contribution in [0.25, 0.3) is 0 Å². The van der Waals surface area contributed by atoms with Gasteiger partial charge in [0.15, 0.2) is 0 Å². The summed E-state index contributed by atoms with van der Waals surface area (Å²) in [6.07, 6.45) is 12.8. The van der Waals surface area contributed by atoms with Crippen LogP contribution in [0.15, 0.2) is 44.2 Å². The van der Waals surface area contributed by atoms with Crippen molar-refractivity contribution in [1.82, 2.24) is 0 Å². The molecule has 0 heterocycles. The molecule has 2 aliphatic carbocycles. The second kappa shape index (κ2) is 5.30. The Morgan fingerprint density at radius 1 is 0.941 bits per heavy atom. The normalized spacial score (nSPS) is 17.6. The number of carbonyl (C=O) groups is 2. The van der Waals surface area contributed by atoms with Crippen molar-refractivity contribution in [2.45, 2.75) is 12.8 Å². The van der Waals surface area contributed by atoms with Gasteiger partial charge in [0, 0.05) is 0 Å². The van der Waals surface area contributed by atoms with E-state index in [1.165, 1.54) is 0 Å². The molecule has 0 aromatic carbocycles. The van der Waals surface area contributed by atoms with E-state index in [9.17, 15) is 9.59 Å². The van der Waals surface area contributed by atoms with E-state index < -0.39 is 17.4 Å². The van der Waals surface area contributed by atoms with Gasteiger partial charge in [0.25, 0.3) is 0 Å². The van der Waals surface area contributed by atoms with Crippen molar-refractivity contribution in [3.63, 3.8) is 0 Å². The first-order valence-corrected chi connectivity index (χ1v) is 8.12. The molecule has 0 saturated heterocycles. The van der Waals surface area contributed by atoms with E-state index in [1.807, 2.05) is 36.5 Å². The maximum atomic E-state index is 10.7.